The van der Waals surface area contributed by atoms with Crippen LogP contribution in [0.1, 0.15) is 29.7 Å². The highest BCUT2D eigenvalue weighted by molar-refractivity contribution is 5.88. The molecule has 80 valence electrons. The van der Waals surface area contributed by atoms with Crippen LogP contribution in [0.25, 0.3) is 0 Å². The Morgan fingerprint density at radius 1 is 1.67 bits per heavy atom. The van der Waals surface area contributed by atoms with E-state index in [1.165, 1.54) is 11.0 Å². The smallest absolute Gasteiger partial charge is 0.288 e. The molecule has 2 rings (SSSR count). The summed E-state index contributed by atoms with van der Waals surface area (Å²) < 4.78 is 6.74. The van der Waals surface area contributed by atoms with E-state index < -0.39 is 12.0 Å². The predicted octanol–water partition coefficient (Wildman–Crippen LogP) is -0.747. The van der Waals surface area contributed by atoms with E-state index in [0.29, 0.717) is 12.8 Å². The molecule has 0 radical (unpaired) electrons. The number of nitrogens with two attached hydrogens (primary N) is 1. The Kier molecular flexibility index (Phi) is 2.46. The minimum Gasteiger partial charge on any atom is -0.363 e. The normalized spacial score (nSPS) is 25.3. The molecule has 7 heteroatoms. The second kappa shape index (κ2) is 3.77. The molecule has 2 N–H and O–H groups in total. The molecule has 0 spiro atoms. The van der Waals surface area contributed by atoms with Crippen molar-refractivity contribution in [3.63, 3.8) is 0 Å². The second-order valence-electron chi connectivity index (χ2n) is 3.26. The Morgan fingerprint density at radius 2 is 2.47 bits per heavy atom. The maximum absolute atomic E-state index is 10.7. The van der Waals surface area contributed by atoms with Crippen molar-refractivity contribution in [3.05, 3.63) is 12.2 Å². The summed E-state index contributed by atoms with van der Waals surface area (Å²) in [6.07, 6.45) is 2.73. The van der Waals surface area contributed by atoms with Gasteiger partial charge >= 0.3 is 0 Å². The number of aldehydes is 1. The fraction of sp³-hybridized carbons (Fsp3) is 0.500. The van der Waals surface area contributed by atoms with Gasteiger partial charge in [0.15, 0.2) is 6.23 Å². The molecular weight excluding hydrogens is 200 g/mol. The first-order chi connectivity index (χ1) is 7.20. The zero-order valence-corrected chi connectivity index (χ0v) is 7.87. The summed E-state index contributed by atoms with van der Waals surface area (Å²) in [7, 11) is 0. The monoisotopic (exact) mass is 210 g/mol. The molecular formula is C8H10N4O3. The van der Waals surface area contributed by atoms with E-state index in [0.717, 1.165) is 6.29 Å². The number of amides is 1. The summed E-state index contributed by atoms with van der Waals surface area (Å²) in [4.78, 5) is 24.9. The van der Waals surface area contributed by atoms with Crippen LogP contribution in [0.4, 0.5) is 0 Å². The van der Waals surface area contributed by atoms with E-state index >= 15 is 0 Å². The lowest BCUT2D eigenvalue weighted by atomic mass is 10.2. The highest BCUT2D eigenvalue weighted by Crippen LogP contribution is 2.26. The lowest BCUT2D eigenvalue weighted by Crippen LogP contribution is -2.16. The minimum atomic E-state index is -0.682. The van der Waals surface area contributed by atoms with Crippen LogP contribution in [-0.2, 0) is 9.53 Å². The van der Waals surface area contributed by atoms with Gasteiger partial charge in [-0.05, 0) is 12.8 Å². The van der Waals surface area contributed by atoms with Gasteiger partial charge in [-0.25, -0.2) is 9.67 Å². The zero-order valence-electron chi connectivity index (χ0n) is 7.87. The highest BCUT2D eigenvalue weighted by Gasteiger charge is 2.27. The molecule has 15 heavy (non-hydrogen) atoms. The van der Waals surface area contributed by atoms with E-state index in [4.69, 9.17) is 10.5 Å². The predicted molar refractivity (Wildman–Crippen MR) is 47.7 cm³/mol. The second-order valence-corrected chi connectivity index (χ2v) is 3.26. The Hall–Kier alpha value is -1.76. The summed E-state index contributed by atoms with van der Waals surface area (Å²) in [5, 5.41) is 3.85. The van der Waals surface area contributed by atoms with Crippen LogP contribution in [0.5, 0.6) is 0 Å². The van der Waals surface area contributed by atoms with Crippen LogP contribution in [0.3, 0.4) is 0 Å². The molecule has 1 aromatic heterocycles. The number of rotatable bonds is 3. The number of aromatic nitrogens is 3. The number of carbonyl (C=O) groups is 2. The van der Waals surface area contributed by atoms with E-state index in [-0.39, 0.29) is 12.1 Å². The summed E-state index contributed by atoms with van der Waals surface area (Å²) in [6.45, 7) is 0. The molecule has 1 amide bonds. The molecule has 2 heterocycles. The Bertz CT molecular complexity index is 389. The van der Waals surface area contributed by atoms with Crippen molar-refractivity contribution < 1.29 is 14.3 Å². The van der Waals surface area contributed by atoms with Crippen molar-refractivity contribution in [2.24, 2.45) is 5.73 Å². The van der Waals surface area contributed by atoms with Gasteiger partial charge in [0.1, 0.15) is 18.7 Å². The van der Waals surface area contributed by atoms with E-state index in [1.54, 1.807) is 0 Å². The van der Waals surface area contributed by atoms with Crippen LogP contribution in [0.2, 0.25) is 0 Å². The third-order valence-corrected chi connectivity index (χ3v) is 2.21. The molecule has 1 aromatic rings. The Balaban J connectivity index is 2.10. The van der Waals surface area contributed by atoms with Crippen molar-refractivity contribution in [2.75, 3.05) is 0 Å². The van der Waals surface area contributed by atoms with Gasteiger partial charge in [0, 0.05) is 0 Å². The molecule has 1 aliphatic rings. The van der Waals surface area contributed by atoms with Gasteiger partial charge < -0.3 is 15.3 Å². The van der Waals surface area contributed by atoms with Crippen LogP contribution >= 0.6 is 0 Å². The molecule has 1 fully saturated rings. The fourth-order valence-electron chi connectivity index (χ4n) is 1.47. The SMILES string of the molecule is NC(=O)c1ncn(C2CCC(C=O)O2)n1. The van der Waals surface area contributed by atoms with Crippen molar-refractivity contribution in [1.82, 2.24) is 14.8 Å². The van der Waals surface area contributed by atoms with Crippen LogP contribution in [-0.4, -0.2) is 33.1 Å². The van der Waals surface area contributed by atoms with Gasteiger partial charge in [0.25, 0.3) is 5.91 Å². The lowest BCUT2D eigenvalue weighted by molar-refractivity contribution is -0.119. The number of ether oxygens (including phenoxy) is 1. The number of nitrogens with zero attached hydrogens (tertiary/aromatic N) is 3. The highest BCUT2D eigenvalue weighted by atomic mass is 16.5. The first-order valence-corrected chi connectivity index (χ1v) is 4.52. The van der Waals surface area contributed by atoms with Gasteiger partial charge in [0.2, 0.25) is 5.82 Å². The van der Waals surface area contributed by atoms with Crippen LogP contribution in [0, 0.1) is 0 Å². The van der Waals surface area contributed by atoms with Crippen molar-refractivity contribution in [1.29, 1.82) is 0 Å². The van der Waals surface area contributed by atoms with Gasteiger partial charge in [-0.15, -0.1) is 5.10 Å². The largest absolute Gasteiger partial charge is 0.363 e. The van der Waals surface area contributed by atoms with E-state index in [1.807, 2.05) is 0 Å². The van der Waals surface area contributed by atoms with E-state index in [9.17, 15) is 9.59 Å². The number of carbonyl (C=O) groups excluding carboxylic acids is 2. The van der Waals surface area contributed by atoms with Crippen molar-refractivity contribution in [3.8, 4) is 0 Å². The zero-order chi connectivity index (χ0) is 10.8. The molecule has 1 saturated heterocycles. The topological polar surface area (TPSA) is 100 Å². The first-order valence-electron chi connectivity index (χ1n) is 4.52. The molecule has 7 nitrogen and oxygen atoms in total. The molecule has 2 unspecified atom stereocenters. The summed E-state index contributed by atoms with van der Waals surface area (Å²) in [5.74, 6) is -0.730. The molecule has 0 aliphatic carbocycles. The maximum Gasteiger partial charge on any atom is 0.288 e. The third-order valence-electron chi connectivity index (χ3n) is 2.21. The summed E-state index contributed by atoms with van der Waals surface area (Å²) in [5.41, 5.74) is 5.00. The standard InChI is InChI=1S/C8H10N4O3/c9-7(14)8-10-4-12(11-8)6-2-1-5(3-13)15-6/h3-6H,1-2H2,(H2,9,14). The van der Waals surface area contributed by atoms with Crippen LogP contribution < -0.4 is 5.73 Å². The first kappa shape index (κ1) is 9.78. The van der Waals surface area contributed by atoms with Crippen molar-refractivity contribution in [2.45, 2.75) is 25.2 Å². The quantitative estimate of drug-likeness (QED) is 0.662. The summed E-state index contributed by atoms with van der Waals surface area (Å²) in [6, 6.07) is 0. The molecule has 0 aromatic carbocycles. The summed E-state index contributed by atoms with van der Waals surface area (Å²) >= 11 is 0. The van der Waals surface area contributed by atoms with Gasteiger partial charge in [-0.2, -0.15) is 0 Å². The number of hydrogen-bond acceptors (Lipinski definition) is 5. The third kappa shape index (κ3) is 1.86. The van der Waals surface area contributed by atoms with Crippen LogP contribution in [0.15, 0.2) is 6.33 Å². The average Bonchev–Trinajstić information content (AvgIpc) is 2.86. The maximum atomic E-state index is 10.7. The average molecular weight is 210 g/mol. The minimum absolute atomic E-state index is 0.0480. The molecule has 0 bridgehead atoms. The van der Waals surface area contributed by atoms with E-state index in [2.05, 4.69) is 10.1 Å². The Morgan fingerprint density at radius 3 is 3.00 bits per heavy atom. The number of primary amides is 1. The van der Waals surface area contributed by atoms with Gasteiger partial charge in [0.05, 0.1) is 0 Å². The molecule has 0 saturated carbocycles. The molecule has 1 aliphatic heterocycles. The Labute approximate surface area is 85.2 Å². The van der Waals surface area contributed by atoms with Crippen molar-refractivity contribution >= 4 is 12.2 Å². The van der Waals surface area contributed by atoms with Gasteiger partial charge in [-0.1, -0.05) is 0 Å². The number of hydrogen-bond donors (Lipinski definition) is 1. The lowest BCUT2D eigenvalue weighted by Gasteiger charge is -2.09. The molecule has 2 atom stereocenters. The van der Waals surface area contributed by atoms with Gasteiger partial charge in [-0.3, -0.25) is 4.79 Å². The fourth-order valence-corrected chi connectivity index (χ4v) is 1.47.